The van der Waals surface area contributed by atoms with Gasteiger partial charge in [-0.15, -0.1) is 23.1 Å². The van der Waals surface area contributed by atoms with Gasteiger partial charge in [0.1, 0.15) is 5.82 Å². The topological polar surface area (TPSA) is 54.9 Å². The molecule has 4 nitrogen and oxygen atoms in total. The van der Waals surface area contributed by atoms with E-state index in [0.29, 0.717) is 11.4 Å². The lowest BCUT2D eigenvalue weighted by Crippen LogP contribution is -2.12. The molecule has 0 aliphatic rings. The maximum absolute atomic E-state index is 12.3. The molecule has 2 aromatic heterocycles. The van der Waals surface area contributed by atoms with Gasteiger partial charge in [0.15, 0.2) is 0 Å². The number of hydrogen-bond acceptors (Lipinski definition) is 5. The lowest BCUT2D eigenvalue weighted by molar-refractivity contribution is 0.102. The first-order valence-electron chi connectivity index (χ1n) is 7.48. The Labute approximate surface area is 149 Å². The molecule has 0 unspecified atom stereocenters. The van der Waals surface area contributed by atoms with Crippen molar-refractivity contribution in [2.75, 3.05) is 5.32 Å². The number of rotatable bonds is 5. The Kier molecular flexibility index (Phi) is 5.27. The van der Waals surface area contributed by atoms with E-state index >= 15 is 0 Å². The molecule has 1 N–H and O–H groups in total. The summed E-state index contributed by atoms with van der Waals surface area (Å²) in [5.74, 6) is 1.25. The zero-order valence-electron chi connectivity index (χ0n) is 13.4. The van der Waals surface area contributed by atoms with Gasteiger partial charge in [-0.25, -0.2) is 9.97 Å². The van der Waals surface area contributed by atoms with E-state index in [1.807, 2.05) is 50.2 Å². The smallest absolute Gasteiger partial charge is 0.256 e. The molecule has 6 heteroatoms. The van der Waals surface area contributed by atoms with Crippen LogP contribution in [0.25, 0.3) is 0 Å². The number of aromatic nitrogens is 2. The third-order valence-corrected chi connectivity index (χ3v) is 5.19. The normalized spacial score (nSPS) is 10.6. The highest BCUT2D eigenvalue weighted by Crippen LogP contribution is 2.24. The first-order chi connectivity index (χ1) is 11.6. The minimum Gasteiger partial charge on any atom is -0.307 e. The van der Waals surface area contributed by atoms with Crippen molar-refractivity contribution in [1.29, 1.82) is 0 Å². The molecule has 0 radical (unpaired) electrons. The van der Waals surface area contributed by atoms with Crippen LogP contribution in [-0.4, -0.2) is 15.9 Å². The number of nitrogens with one attached hydrogen (secondary N) is 1. The number of carbonyl (C=O) groups excluding carboxylic acids is 1. The van der Waals surface area contributed by atoms with Gasteiger partial charge < -0.3 is 5.32 Å². The average Bonchev–Trinajstić information content (AvgIpc) is 2.99. The number of hydrogen-bond donors (Lipinski definition) is 1. The SMILES string of the molecule is Cc1ccnc(NC(=O)c2ccc(SCc3csc(C)n3)cc2)c1. The highest BCUT2D eigenvalue weighted by molar-refractivity contribution is 7.98. The number of anilines is 1. The summed E-state index contributed by atoms with van der Waals surface area (Å²) in [5, 5.41) is 5.98. The van der Waals surface area contributed by atoms with Crippen molar-refractivity contribution in [2.45, 2.75) is 24.5 Å². The van der Waals surface area contributed by atoms with E-state index in [9.17, 15) is 4.79 Å². The van der Waals surface area contributed by atoms with Crippen LogP contribution in [-0.2, 0) is 5.75 Å². The Morgan fingerprint density at radius 2 is 2.00 bits per heavy atom. The summed E-state index contributed by atoms with van der Waals surface area (Å²) in [6, 6.07) is 11.3. The molecule has 0 fully saturated rings. The third-order valence-electron chi connectivity index (χ3n) is 3.33. The Balaban J connectivity index is 1.60. The molecule has 0 saturated carbocycles. The van der Waals surface area contributed by atoms with Crippen LogP contribution in [0.1, 0.15) is 26.6 Å². The summed E-state index contributed by atoms with van der Waals surface area (Å²) in [5.41, 5.74) is 2.77. The van der Waals surface area contributed by atoms with Crippen LogP contribution in [0.15, 0.2) is 52.9 Å². The fourth-order valence-corrected chi connectivity index (χ4v) is 3.64. The second kappa shape index (κ2) is 7.59. The van der Waals surface area contributed by atoms with Crippen molar-refractivity contribution in [3.8, 4) is 0 Å². The predicted octanol–water partition coefficient (Wildman–Crippen LogP) is 4.70. The van der Waals surface area contributed by atoms with Crippen molar-refractivity contribution in [2.24, 2.45) is 0 Å². The van der Waals surface area contributed by atoms with Gasteiger partial charge in [-0.05, 0) is 55.8 Å². The maximum Gasteiger partial charge on any atom is 0.256 e. The van der Waals surface area contributed by atoms with Gasteiger partial charge in [0.25, 0.3) is 5.91 Å². The zero-order chi connectivity index (χ0) is 16.9. The largest absolute Gasteiger partial charge is 0.307 e. The van der Waals surface area contributed by atoms with E-state index in [-0.39, 0.29) is 5.91 Å². The van der Waals surface area contributed by atoms with Crippen LogP contribution in [0, 0.1) is 13.8 Å². The molecule has 3 aromatic rings. The Hall–Kier alpha value is -2.18. The summed E-state index contributed by atoms with van der Waals surface area (Å²) in [6.07, 6.45) is 1.69. The van der Waals surface area contributed by atoms with Crippen molar-refractivity contribution in [3.05, 3.63) is 69.8 Å². The van der Waals surface area contributed by atoms with E-state index in [1.54, 1.807) is 29.3 Å². The van der Waals surface area contributed by atoms with Gasteiger partial charge in [-0.3, -0.25) is 4.79 Å². The number of thiazole rings is 1. The molecular weight excluding hydrogens is 338 g/mol. The fourth-order valence-electron chi connectivity index (χ4n) is 2.13. The highest BCUT2D eigenvalue weighted by Gasteiger charge is 2.07. The first kappa shape index (κ1) is 16.7. The number of nitrogens with zero attached hydrogens (tertiary/aromatic N) is 2. The monoisotopic (exact) mass is 355 g/mol. The summed E-state index contributed by atoms with van der Waals surface area (Å²) >= 11 is 3.38. The van der Waals surface area contributed by atoms with E-state index in [4.69, 9.17) is 0 Å². The molecule has 0 aliphatic heterocycles. The lowest BCUT2D eigenvalue weighted by atomic mass is 10.2. The number of thioether (sulfide) groups is 1. The first-order valence-corrected chi connectivity index (χ1v) is 9.34. The van der Waals surface area contributed by atoms with E-state index in [1.165, 1.54) is 0 Å². The maximum atomic E-state index is 12.3. The molecule has 0 aliphatic carbocycles. The quantitative estimate of drug-likeness (QED) is 0.674. The Bertz CT molecular complexity index is 843. The van der Waals surface area contributed by atoms with Crippen molar-refractivity contribution in [1.82, 2.24) is 9.97 Å². The van der Waals surface area contributed by atoms with Gasteiger partial charge in [0.05, 0.1) is 10.7 Å². The van der Waals surface area contributed by atoms with Crippen LogP contribution in [0.4, 0.5) is 5.82 Å². The Morgan fingerprint density at radius 1 is 1.21 bits per heavy atom. The second-order valence-electron chi connectivity index (χ2n) is 5.34. The molecule has 122 valence electrons. The molecule has 2 heterocycles. The second-order valence-corrected chi connectivity index (χ2v) is 7.45. The summed E-state index contributed by atoms with van der Waals surface area (Å²) in [4.78, 5) is 22.0. The molecule has 1 aromatic carbocycles. The van der Waals surface area contributed by atoms with Crippen LogP contribution < -0.4 is 5.32 Å². The predicted molar refractivity (Wildman–Crippen MR) is 99.8 cm³/mol. The molecular formula is C18H17N3OS2. The number of benzene rings is 1. The molecule has 0 bridgehead atoms. The number of amides is 1. The van der Waals surface area contributed by atoms with Crippen molar-refractivity contribution >= 4 is 34.8 Å². The van der Waals surface area contributed by atoms with Gasteiger partial charge in [-0.1, -0.05) is 0 Å². The average molecular weight is 355 g/mol. The zero-order valence-corrected chi connectivity index (χ0v) is 15.1. The van der Waals surface area contributed by atoms with Crippen LogP contribution in [0.2, 0.25) is 0 Å². The summed E-state index contributed by atoms with van der Waals surface area (Å²) in [7, 11) is 0. The lowest BCUT2D eigenvalue weighted by Gasteiger charge is -2.06. The molecule has 24 heavy (non-hydrogen) atoms. The molecule has 0 atom stereocenters. The summed E-state index contributed by atoms with van der Waals surface area (Å²) in [6.45, 7) is 3.97. The van der Waals surface area contributed by atoms with Crippen LogP contribution in [0.3, 0.4) is 0 Å². The minimum absolute atomic E-state index is 0.153. The van der Waals surface area contributed by atoms with Crippen molar-refractivity contribution < 1.29 is 4.79 Å². The fraction of sp³-hybridized carbons (Fsp3) is 0.167. The molecule has 0 saturated heterocycles. The van der Waals surface area contributed by atoms with Gasteiger partial charge in [0.2, 0.25) is 0 Å². The standard InChI is InChI=1S/C18H17N3OS2/c1-12-7-8-19-17(9-12)21-18(22)14-3-5-16(6-4-14)24-11-15-10-23-13(2)20-15/h3-10H,11H2,1-2H3,(H,19,21,22). The van der Waals surface area contributed by atoms with Crippen molar-refractivity contribution in [3.63, 3.8) is 0 Å². The molecule has 3 rings (SSSR count). The van der Waals surface area contributed by atoms with Gasteiger partial charge in [0, 0.05) is 27.8 Å². The third kappa shape index (κ3) is 4.43. The number of carbonyl (C=O) groups is 1. The van der Waals surface area contributed by atoms with E-state index in [0.717, 1.165) is 26.9 Å². The molecule has 0 spiro atoms. The van der Waals surface area contributed by atoms with E-state index in [2.05, 4.69) is 20.7 Å². The minimum atomic E-state index is -0.153. The van der Waals surface area contributed by atoms with Gasteiger partial charge >= 0.3 is 0 Å². The van der Waals surface area contributed by atoms with Crippen LogP contribution in [0.5, 0.6) is 0 Å². The van der Waals surface area contributed by atoms with Crippen LogP contribution >= 0.6 is 23.1 Å². The highest BCUT2D eigenvalue weighted by atomic mass is 32.2. The van der Waals surface area contributed by atoms with E-state index < -0.39 is 0 Å². The van der Waals surface area contributed by atoms with Gasteiger partial charge in [-0.2, -0.15) is 0 Å². The number of aryl methyl sites for hydroxylation is 2. The molecule has 1 amide bonds. The number of pyridine rings is 1. The summed E-state index contributed by atoms with van der Waals surface area (Å²) < 4.78 is 0. The Morgan fingerprint density at radius 3 is 2.67 bits per heavy atom.